The fraction of sp³-hybridized carbons (Fsp3) is 0.353. The first-order valence-electron chi connectivity index (χ1n) is 7.77. The van der Waals surface area contributed by atoms with Crippen molar-refractivity contribution in [3.05, 3.63) is 54.0 Å². The average Bonchev–Trinajstić information content (AvgIpc) is 3.24. The van der Waals surface area contributed by atoms with Crippen LogP contribution in [0.1, 0.15) is 18.6 Å². The van der Waals surface area contributed by atoms with E-state index in [4.69, 9.17) is 9.15 Å². The lowest BCUT2D eigenvalue weighted by atomic mass is 10.2. The van der Waals surface area contributed by atoms with Crippen molar-refractivity contribution in [2.45, 2.75) is 25.5 Å². The van der Waals surface area contributed by atoms with Gasteiger partial charge in [0.25, 0.3) is 0 Å². The van der Waals surface area contributed by atoms with Crippen LogP contribution in [0.5, 0.6) is 0 Å². The Hall–Kier alpha value is -2.41. The first-order valence-corrected chi connectivity index (χ1v) is 7.77. The Balaban J connectivity index is 1.72. The maximum Gasteiger partial charge on any atom is 0.322 e. The molecule has 1 unspecified atom stereocenters. The summed E-state index contributed by atoms with van der Waals surface area (Å²) in [7, 11) is 0. The molecule has 2 amide bonds. The molecule has 5 nitrogen and oxygen atoms in total. The van der Waals surface area contributed by atoms with E-state index in [-0.39, 0.29) is 18.3 Å². The summed E-state index contributed by atoms with van der Waals surface area (Å²) in [5, 5.41) is 2.41. The van der Waals surface area contributed by atoms with Gasteiger partial charge in [0.1, 0.15) is 17.4 Å². The molecule has 128 valence electrons. The van der Waals surface area contributed by atoms with E-state index in [9.17, 15) is 13.6 Å². The normalized spacial score (nSPS) is 17.0. The van der Waals surface area contributed by atoms with Gasteiger partial charge in [0.05, 0.1) is 24.6 Å². The monoisotopic (exact) mass is 336 g/mol. The molecule has 2 aromatic rings. The van der Waals surface area contributed by atoms with E-state index < -0.39 is 17.7 Å². The molecule has 24 heavy (non-hydrogen) atoms. The summed E-state index contributed by atoms with van der Waals surface area (Å²) in [6.45, 7) is 1.23. The number of rotatable bonds is 5. The molecule has 7 heteroatoms. The number of furan rings is 1. The average molecular weight is 336 g/mol. The van der Waals surface area contributed by atoms with Crippen molar-refractivity contribution in [1.29, 1.82) is 0 Å². The number of nitrogens with one attached hydrogen (secondary N) is 1. The number of benzene rings is 1. The van der Waals surface area contributed by atoms with Crippen LogP contribution in [0.3, 0.4) is 0 Å². The molecule has 1 aromatic heterocycles. The zero-order chi connectivity index (χ0) is 16.9. The summed E-state index contributed by atoms with van der Waals surface area (Å²) in [4.78, 5) is 14.0. The van der Waals surface area contributed by atoms with Crippen LogP contribution in [0, 0.1) is 11.6 Å². The summed E-state index contributed by atoms with van der Waals surface area (Å²) in [6, 6.07) is 5.86. The van der Waals surface area contributed by atoms with E-state index >= 15 is 0 Å². The summed E-state index contributed by atoms with van der Waals surface area (Å²) >= 11 is 0. The van der Waals surface area contributed by atoms with Gasteiger partial charge in [-0.3, -0.25) is 0 Å². The number of urea groups is 1. The molecule has 2 heterocycles. The van der Waals surface area contributed by atoms with E-state index in [1.807, 2.05) is 0 Å². The van der Waals surface area contributed by atoms with Gasteiger partial charge >= 0.3 is 6.03 Å². The highest BCUT2D eigenvalue weighted by Gasteiger charge is 2.24. The van der Waals surface area contributed by atoms with Crippen LogP contribution in [0.2, 0.25) is 0 Å². The van der Waals surface area contributed by atoms with Crippen LogP contribution in [-0.4, -0.2) is 30.2 Å². The Morgan fingerprint density at radius 1 is 1.33 bits per heavy atom. The molecule has 1 aliphatic heterocycles. The van der Waals surface area contributed by atoms with Crippen LogP contribution in [0.4, 0.5) is 19.3 Å². The van der Waals surface area contributed by atoms with Gasteiger partial charge in [0.2, 0.25) is 0 Å². The highest BCUT2D eigenvalue weighted by atomic mass is 19.1. The van der Waals surface area contributed by atoms with Crippen LogP contribution in [0.15, 0.2) is 41.0 Å². The zero-order valence-corrected chi connectivity index (χ0v) is 13.0. The molecular weight excluding hydrogens is 318 g/mol. The van der Waals surface area contributed by atoms with Gasteiger partial charge in [-0.15, -0.1) is 0 Å². The molecule has 1 aliphatic rings. The third-order valence-electron chi connectivity index (χ3n) is 3.83. The first kappa shape index (κ1) is 16.4. The van der Waals surface area contributed by atoms with E-state index in [0.29, 0.717) is 18.9 Å². The third-order valence-corrected chi connectivity index (χ3v) is 3.83. The second-order valence-corrected chi connectivity index (χ2v) is 5.65. The molecule has 0 radical (unpaired) electrons. The summed E-state index contributed by atoms with van der Waals surface area (Å²) in [5.74, 6) is -0.717. The number of hydrogen-bond donors (Lipinski definition) is 1. The SMILES string of the molecule is O=C(Nc1cc(F)ccc1F)N(Cc1ccco1)CC1CCCO1. The number of amides is 2. The first-order chi connectivity index (χ1) is 11.6. The Morgan fingerprint density at radius 2 is 2.21 bits per heavy atom. The number of ether oxygens (including phenoxy) is 1. The molecule has 0 aliphatic carbocycles. The highest BCUT2D eigenvalue weighted by Crippen LogP contribution is 2.19. The van der Waals surface area contributed by atoms with Crippen molar-refractivity contribution in [1.82, 2.24) is 4.90 Å². The van der Waals surface area contributed by atoms with Crippen LogP contribution in [0.25, 0.3) is 0 Å². The fourth-order valence-electron chi connectivity index (χ4n) is 2.63. The minimum Gasteiger partial charge on any atom is -0.467 e. The Bertz CT molecular complexity index is 685. The smallest absolute Gasteiger partial charge is 0.322 e. The van der Waals surface area contributed by atoms with Gasteiger partial charge in [-0.05, 0) is 37.1 Å². The van der Waals surface area contributed by atoms with Crippen molar-refractivity contribution in [2.24, 2.45) is 0 Å². The number of carbonyl (C=O) groups excluding carboxylic acids is 1. The van der Waals surface area contributed by atoms with Crippen LogP contribution < -0.4 is 5.32 Å². The van der Waals surface area contributed by atoms with Gasteiger partial charge in [-0.2, -0.15) is 0 Å². The minimum absolute atomic E-state index is 0.0666. The van der Waals surface area contributed by atoms with Gasteiger partial charge in [-0.1, -0.05) is 0 Å². The van der Waals surface area contributed by atoms with Crippen LogP contribution in [-0.2, 0) is 11.3 Å². The van der Waals surface area contributed by atoms with E-state index in [2.05, 4.69) is 5.32 Å². The van der Waals surface area contributed by atoms with Crippen molar-refractivity contribution < 1.29 is 22.7 Å². The molecule has 0 saturated carbocycles. The molecule has 1 atom stereocenters. The minimum atomic E-state index is -0.695. The predicted octanol–water partition coefficient (Wildman–Crippen LogP) is 3.77. The largest absolute Gasteiger partial charge is 0.467 e. The van der Waals surface area contributed by atoms with Crippen molar-refractivity contribution >= 4 is 11.7 Å². The number of halogens is 2. The predicted molar refractivity (Wildman–Crippen MR) is 83.5 cm³/mol. The highest BCUT2D eigenvalue weighted by molar-refractivity contribution is 5.89. The standard InChI is InChI=1S/C17H18F2N2O3/c18-12-5-6-15(19)16(9-12)20-17(22)21(10-13-3-1-7-23-13)11-14-4-2-8-24-14/h1,3,5-7,9,14H,2,4,8,10-11H2,(H,20,22). The Morgan fingerprint density at radius 3 is 2.92 bits per heavy atom. The molecule has 0 spiro atoms. The van der Waals surface area contributed by atoms with E-state index in [0.717, 1.165) is 31.0 Å². The lowest BCUT2D eigenvalue weighted by molar-refractivity contribution is 0.0802. The zero-order valence-electron chi connectivity index (χ0n) is 13.0. The van der Waals surface area contributed by atoms with Gasteiger partial charge in [0, 0.05) is 19.2 Å². The lowest BCUT2D eigenvalue weighted by Crippen LogP contribution is -2.39. The van der Waals surface area contributed by atoms with Gasteiger partial charge in [-0.25, -0.2) is 13.6 Å². The van der Waals surface area contributed by atoms with Crippen molar-refractivity contribution in [3.8, 4) is 0 Å². The molecule has 1 saturated heterocycles. The van der Waals surface area contributed by atoms with E-state index in [1.54, 1.807) is 12.1 Å². The maximum absolute atomic E-state index is 13.7. The number of hydrogen-bond acceptors (Lipinski definition) is 3. The lowest BCUT2D eigenvalue weighted by Gasteiger charge is -2.25. The van der Waals surface area contributed by atoms with Crippen molar-refractivity contribution in [3.63, 3.8) is 0 Å². The number of carbonyl (C=O) groups is 1. The second-order valence-electron chi connectivity index (χ2n) is 5.65. The fourth-order valence-corrected chi connectivity index (χ4v) is 2.63. The molecule has 1 fully saturated rings. The molecule has 0 bridgehead atoms. The topological polar surface area (TPSA) is 54.7 Å². The van der Waals surface area contributed by atoms with Gasteiger partial charge < -0.3 is 19.4 Å². The van der Waals surface area contributed by atoms with E-state index in [1.165, 1.54) is 11.2 Å². The molecular formula is C17H18F2N2O3. The third kappa shape index (κ3) is 4.11. The Kier molecular flexibility index (Phi) is 5.10. The number of nitrogens with zero attached hydrogens (tertiary/aromatic N) is 1. The second kappa shape index (κ2) is 7.44. The molecule has 1 N–H and O–H groups in total. The van der Waals surface area contributed by atoms with Gasteiger partial charge in [0.15, 0.2) is 0 Å². The number of anilines is 1. The Labute approximate surface area is 138 Å². The summed E-state index contributed by atoms with van der Waals surface area (Å²) in [5.41, 5.74) is -0.197. The summed E-state index contributed by atoms with van der Waals surface area (Å²) < 4.78 is 37.8. The maximum atomic E-state index is 13.7. The molecule has 3 rings (SSSR count). The van der Waals surface area contributed by atoms with Crippen molar-refractivity contribution in [2.75, 3.05) is 18.5 Å². The van der Waals surface area contributed by atoms with Crippen LogP contribution >= 0.6 is 0 Å². The quantitative estimate of drug-likeness (QED) is 0.904. The summed E-state index contributed by atoms with van der Waals surface area (Å²) in [6.07, 6.45) is 3.25. The molecule has 1 aromatic carbocycles.